The van der Waals surface area contributed by atoms with Gasteiger partial charge >= 0.3 is 0 Å². The maximum atomic E-state index is 11.9. The lowest BCUT2D eigenvalue weighted by Gasteiger charge is -2.02. The van der Waals surface area contributed by atoms with E-state index in [0.717, 1.165) is 5.75 Å². The van der Waals surface area contributed by atoms with Crippen molar-refractivity contribution in [3.05, 3.63) is 78.0 Å². The van der Waals surface area contributed by atoms with Crippen molar-refractivity contribution >= 4 is 11.9 Å². The Morgan fingerprint density at radius 2 is 2.04 bits per heavy atom. The summed E-state index contributed by atoms with van der Waals surface area (Å²) < 4.78 is 12.8. The number of ether oxygens (including phenoxy) is 1. The maximum Gasteiger partial charge on any atom is 0.206 e. The van der Waals surface area contributed by atoms with Crippen molar-refractivity contribution in [3.63, 3.8) is 0 Å². The molecule has 0 saturated heterocycles. The van der Waals surface area contributed by atoms with E-state index in [0.29, 0.717) is 23.8 Å². The number of hydrogen-bond donors (Lipinski definition) is 0. The van der Waals surface area contributed by atoms with Gasteiger partial charge in [0.1, 0.15) is 29.6 Å². The van der Waals surface area contributed by atoms with E-state index in [-0.39, 0.29) is 5.78 Å². The summed E-state index contributed by atoms with van der Waals surface area (Å²) in [6.45, 7) is 0.339. The summed E-state index contributed by atoms with van der Waals surface area (Å²) in [6, 6.07) is 14.8. The minimum absolute atomic E-state index is 0.163. The molecule has 2 aromatic heterocycles. The molecule has 2 heterocycles. The molecular formula is C18H16N2O3. The van der Waals surface area contributed by atoms with Gasteiger partial charge in [-0.05, 0) is 42.5 Å². The molecule has 116 valence electrons. The van der Waals surface area contributed by atoms with Crippen molar-refractivity contribution in [2.24, 2.45) is 7.05 Å². The molecule has 1 aromatic carbocycles. The molecule has 0 unspecified atom stereocenters. The maximum absolute atomic E-state index is 11.9. The third kappa shape index (κ3) is 3.97. The number of ketones is 1. The second-order valence-electron chi connectivity index (χ2n) is 4.98. The number of rotatable bonds is 6. The molecule has 0 N–H and O–H groups in total. The van der Waals surface area contributed by atoms with Crippen molar-refractivity contribution in [1.82, 2.24) is 9.78 Å². The molecule has 0 saturated carbocycles. The minimum atomic E-state index is -0.163. The summed E-state index contributed by atoms with van der Waals surface area (Å²) in [7, 11) is 1.77. The molecule has 3 rings (SSSR count). The normalized spacial score (nSPS) is 11.0. The van der Waals surface area contributed by atoms with Gasteiger partial charge in [-0.25, -0.2) is 0 Å². The van der Waals surface area contributed by atoms with E-state index >= 15 is 0 Å². The highest BCUT2D eigenvalue weighted by atomic mass is 16.5. The smallest absolute Gasteiger partial charge is 0.206 e. The average Bonchev–Trinajstić information content (AvgIpc) is 3.21. The van der Waals surface area contributed by atoms with Crippen LogP contribution in [0.15, 0.2) is 65.2 Å². The predicted octanol–water partition coefficient (Wildman–Crippen LogP) is 3.49. The van der Waals surface area contributed by atoms with Crippen molar-refractivity contribution in [2.75, 3.05) is 0 Å². The Morgan fingerprint density at radius 3 is 2.78 bits per heavy atom. The summed E-state index contributed by atoms with van der Waals surface area (Å²) in [5, 5.41) is 4.06. The molecule has 5 nitrogen and oxygen atoms in total. The van der Waals surface area contributed by atoms with E-state index in [4.69, 9.17) is 9.15 Å². The molecule has 0 fully saturated rings. The number of nitrogens with zero attached hydrogens (tertiary/aromatic N) is 2. The van der Waals surface area contributed by atoms with E-state index < -0.39 is 0 Å². The molecule has 0 aliphatic rings. The third-order valence-corrected chi connectivity index (χ3v) is 3.17. The van der Waals surface area contributed by atoms with Gasteiger partial charge in [-0.1, -0.05) is 18.2 Å². The Morgan fingerprint density at radius 1 is 1.22 bits per heavy atom. The first-order chi connectivity index (χ1) is 11.2. The van der Waals surface area contributed by atoms with Crippen LogP contribution in [-0.2, 0) is 13.7 Å². The fourth-order valence-corrected chi connectivity index (χ4v) is 2.02. The highest BCUT2D eigenvalue weighted by molar-refractivity contribution is 6.05. The van der Waals surface area contributed by atoms with Crippen LogP contribution in [0.3, 0.4) is 0 Å². The van der Waals surface area contributed by atoms with Crippen LogP contribution >= 0.6 is 0 Å². The molecule has 23 heavy (non-hydrogen) atoms. The van der Waals surface area contributed by atoms with E-state index in [9.17, 15) is 4.79 Å². The summed E-state index contributed by atoms with van der Waals surface area (Å²) >= 11 is 0. The Hall–Kier alpha value is -3.08. The van der Waals surface area contributed by atoms with Gasteiger partial charge in [0.05, 0.1) is 0 Å². The molecule has 0 radical (unpaired) electrons. The molecule has 0 bridgehead atoms. The summed E-state index contributed by atoms with van der Waals surface area (Å²) in [4.78, 5) is 11.9. The molecule has 0 aliphatic heterocycles. The minimum Gasteiger partial charge on any atom is -0.486 e. The monoisotopic (exact) mass is 308 g/mol. The topological polar surface area (TPSA) is 57.3 Å². The van der Waals surface area contributed by atoms with Gasteiger partial charge in [0, 0.05) is 13.2 Å². The second kappa shape index (κ2) is 6.79. The van der Waals surface area contributed by atoms with Gasteiger partial charge in [-0.2, -0.15) is 5.10 Å². The number of furan rings is 1. The molecule has 5 heteroatoms. The summed E-state index contributed by atoms with van der Waals surface area (Å²) in [5.41, 5.74) is 0.406. The lowest BCUT2D eigenvalue weighted by atomic mass is 10.2. The Balaban J connectivity index is 1.58. The largest absolute Gasteiger partial charge is 0.486 e. The zero-order valence-corrected chi connectivity index (χ0v) is 12.7. The molecule has 0 spiro atoms. The first-order valence-electron chi connectivity index (χ1n) is 7.19. The number of aromatic nitrogens is 2. The second-order valence-corrected chi connectivity index (χ2v) is 4.98. The zero-order chi connectivity index (χ0) is 16.1. The number of aryl methyl sites for hydroxylation is 1. The zero-order valence-electron chi connectivity index (χ0n) is 12.7. The van der Waals surface area contributed by atoms with Gasteiger partial charge < -0.3 is 9.15 Å². The van der Waals surface area contributed by atoms with Crippen LogP contribution in [0.4, 0.5) is 0 Å². The first-order valence-corrected chi connectivity index (χ1v) is 7.19. The van der Waals surface area contributed by atoms with Crippen molar-refractivity contribution in [3.8, 4) is 5.75 Å². The SMILES string of the molecule is Cn1ccc(C(=O)/C=C/c2ccc(COc3ccccc3)o2)n1. The molecular weight excluding hydrogens is 292 g/mol. The third-order valence-electron chi connectivity index (χ3n) is 3.17. The van der Waals surface area contributed by atoms with Gasteiger partial charge in [0.15, 0.2) is 0 Å². The number of allylic oxidation sites excluding steroid dienone is 1. The quantitative estimate of drug-likeness (QED) is 0.516. The molecule has 0 atom stereocenters. The lowest BCUT2D eigenvalue weighted by molar-refractivity contribution is 0.104. The van der Waals surface area contributed by atoms with Crippen LogP contribution in [-0.4, -0.2) is 15.6 Å². The molecule has 0 amide bonds. The first kappa shape index (κ1) is 14.8. The summed E-state index contributed by atoms with van der Waals surface area (Å²) in [5.74, 6) is 1.91. The Labute approximate surface area is 133 Å². The lowest BCUT2D eigenvalue weighted by Crippen LogP contribution is -1.97. The van der Waals surface area contributed by atoms with Gasteiger partial charge in [-0.3, -0.25) is 9.48 Å². The molecule has 3 aromatic rings. The average molecular weight is 308 g/mol. The van der Waals surface area contributed by atoms with Gasteiger partial charge in [0.25, 0.3) is 0 Å². The standard InChI is InChI=1S/C18H16N2O3/c1-20-12-11-17(19-20)18(21)10-9-15-7-8-16(23-15)13-22-14-5-3-2-4-6-14/h2-12H,13H2,1H3/b10-9+. The van der Waals surface area contributed by atoms with Crippen LogP contribution in [0, 0.1) is 0 Å². The molecule has 0 aliphatic carbocycles. The van der Waals surface area contributed by atoms with Crippen LogP contribution in [0.2, 0.25) is 0 Å². The van der Waals surface area contributed by atoms with Crippen molar-refractivity contribution < 1.29 is 13.9 Å². The number of carbonyl (C=O) groups is 1. The predicted molar refractivity (Wildman–Crippen MR) is 86.1 cm³/mol. The highest BCUT2D eigenvalue weighted by Gasteiger charge is 2.06. The van der Waals surface area contributed by atoms with E-state index in [1.54, 1.807) is 36.1 Å². The van der Waals surface area contributed by atoms with E-state index in [1.165, 1.54) is 6.08 Å². The van der Waals surface area contributed by atoms with Crippen LogP contribution in [0.1, 0.15) is 22.0 Å². The fraction of sp³-hybridized carbons (Fsp3) is 0.111. The number of para-hydroxylation sites is 1. The number of hydrogen-bond acceptors (Lipinski definition) is 4. The fourth-order valence-electron chi connectivity index (χ4n) is 2.02. The summed E-state index contributed by atoms with van der Waals surface area (Å²) in [6.07, 6.45) is 4.80. The van der Waals surface area contributed by atoms with Crippen molar-refractivity contribution in [2.45, 2.75) is 6.61 Å². The van der Waals surface area contributed by atoms with Gasteiger partial charge in [0.2, 0.25) is 5.78 Å². The van der Waals surface area contributed by atoms with Crippen LogP contribution in [0.25, 0.3) is 6.08 Å². The highest BCUT2D eigenvalue weighted by Crippen LogP contribution is 2.15. The van der Waals surface area contributed by atoms with Crippen LogP contribution < -0.4 is 4.74 Å². The van der Waals surface area contributed by atoms with Crippen LogP contribution in [0.5, 0.6) is 5.75 Å². The Kier molecular flexibility index (Phi) is 4.38. The van der Waals surface area contributed by atoms with Gasteiger partial charge in [-0.15, -0.1) is 0 Å². The van der Waals surface area contributed by atoms with E-state index in [2.05, 4.69) is 5.10 Å². The Bertz CT molecular complexity index is 816. The van der Waals surface area contributed by atoms with E-state index in [1.807, 2.05) is 36.4 Å². The number of benzene rings is 1. The van der Waals surface area contributed by atoms with Crippen molar-refractivity contribution in [1.29, 1.82) is 0 Å². The number of carbonyl (C=O) groups excluding carboxylic acids is 1.